The van der Waals surface area contributed by atoms with E-state index in [2.05, 4.69) is 0 Å². The molecule has 0 aliphatic carbocycles. The fraction of sp³-hybridized carbons (Fsp3) is 0.429. The van der Waals surface area contributed by atoms with E-state index in [9.17, 15) is 8.42 Å². The predicted octanol–water partition coefficient (Wildman–Crippen LogP) is 1.25. The van der Waals surface area contributed by atoms with Crippen LogP contribution in [0.1, 0.15) is 12.7 Å². The van der Waals surface area contributed by atoms with E-state index in [0.717, 1.165) is 12.7 Å². The molecule has 3 nitrogen and oxygen atoms in total. The molecule has 0 aliphatic rings. The van der Waals surface area contributed by atoms with Gasteiger partial charge < -0.3 is 4.42 Å². The molecule has 0 amide bonds. The Labute approximate surface area is 65.9 Å². The predicted molar refractivity (Wildman–Crippen MR) is 41.2 cm³/mol. The fourth-order valence-corrected chi connectivity index (χ4v) is 1.32. The smallest absolute Gasteiger partial charge is 0.217 e. The minimum absolute atomic E-state index is 0.0503. The molecule has 0 atom stereocenters. The van der Waals surface area contributed by atoms with Gasteiger partial charge in [-0.1, -0.05) is 6.92 Å². The molecule has 0 aromatic carbocycles. The first-order valence-corrected chi connectivity index (χ1v) is 5.22. The molecule has 11 heavy (non-hydrogen) atoms. The van der Waals surface area contributed by atoms with Crippen molar-refractivity contribution in [2.75, 3.05) is 6.26 Å². The van der Waals surface area contributed by atoms with Crippen LogP contribution in [0, 0.1) is 0 Å². The summed E-state index contributed by atoms with van der Waals surface area (Å²) in [5.74, 6) is 0.699. The van der Waals surface area contributed by atoms with Crippen molar-refractivity contribution in [2.45, 2.75) is 18.4 Å². The molecule has 0 radical (unpaired) electrons. The third-order valence-electron chi connectivity index (χ3n) is 1.35. The lowest BCUT2D eigenvalue weighted by Gasteiger charge is -1.89. The van der Waals surface area contributed by atoms with E-state index in [1.165, 1.54) is 6.07 Å². The summed E-state index contributed by atoms with van der Waals surface area (Å²) < 4.78 is 26.7. The Morgan fingerprint density at radius 1 is 1.45 bits per heavy atom. The second kappa shape index (κ2) is 2.70. The maximum Gasteiger partial charge on any atom is 0.217 e. The molecule has 1 aromatic rings. The van der Waals surface area contributed by atoms with Crippen molar-refractivity contribution in [1.29, 1.82) is 0 Å². The largest absolute Gasteiger partial charge is 0.450 e. The molecular formula is C7H10O3S. The zero-order valence-corrected chi connectivity index (χ0v) is 7.31. The van der Waals surface area contributed by atoms with Gasteiger partial charge in [-0.25, -0.2) is 8.42 Å². The molecule has 62 valence electrons. The van der Waals surface area contributed by atoms with Crippen molar-refractivity contribution in [1.82, 2.24) is 0 Å². The third-order valence-corrected chi connectivity index (χ3v) is 2.30. The zero-order chi connectivity index (χ0) is 8.48. The van der Waals surface area contributed by atoms with Crippen LogP contribution in [-0.4, -0.2) is 14.7 Å². The maximum absolute atomic E-state index is 10.9. The van der Waals surface area contributed by atoms with Gasteiger partial charge in [0.2, 0.25) is 14.9 Å². The molecule has 0 N–H and O–H groups in total. The highest BCUT2D eigenvalue weighted by molar-refractivity contribution is 7.90. The van der Waals surface area contributed by atoms with Crippen molar-refractivity contribution < 1.29 is 12.8 Å². The highest BCUT2D eigenvalue weighted by Gasteiger charge is 2.10. The molecule has 1 aromatic heterocycles. The lowest BCUT2D eigenvalue weighted by molar-refractivity contribution is 0.419. The first-order valence-electron chi connectivity index (χ1n) is 3.33. The second-order valence-corrected chi connectivity index (χ2v) is 4.29. The van der Waals surface area contributed by atoms with Crippen LogP contribution in [0.3, 0.4) is 0 Å². The van der Waals surface area contributed by atoms with Crippen LogP contribution in [0.25, 0.3) is 0 Å². The Morgan fingerprint density at radius 3 is 2.36 bits per heavy atom. The van der Waals surface area contributed by atoms with Crippen molar-refractivity contribution in [3.63, 3.8) is 0 Å². The summed E-state index contributed by atoms with van der Waals surface area (Å²) >= 11 is 0. The van der Waals surface area contributed by atoms with Gasteiger partial charge in [0.15, 0.2) is 0 Å². The fourth-order valence-electron chi connectivity index (χ4n) is 0.748. The first kappa shape index (κ1) is 8.33. The van der Waals surface area contributed by atoms with E-state index >= 15 is 0 Å². The van der Waals surface area contributed by atoms with Gasteiger partial charge in [0.1, 0.15) is 5.76 Å². The van der Waals surface area contributed by atoms with E-state index in [1.54, 1.807) is 6.07 Å². The van der Waals surface area contributed by atoms with Gasteiger partial charge in [0.05, 0.1) is 0 Å². The Balaban J connectivity index is 3.09. The van der Waals surface area contributed by atoms with Gasteiger partial charge >= 0.3 is 0 Å². The summed E-state index contributed by atoms with van der Waals surface area (Å²) in [5, 5.41) is 0.0503. The quantitative estimate of drug-likeness (QED) is 0.677. The Bertz CT molecular complexity index is 334. The van der Waals surface area contributed by atoms with Crippen LogP contribution < -0.4 is 0 Å². The molecule has 0 bridgehead atoms. The SMILES string of the molecule is CCc1ccc(S(C)(=O)=O)o1. The maximum atomic E-state index is 10.9. The molecule has 0 saturated heterocycles. The standard InChI is InChI=1S/C7H10O3S/c1-3-6-4-5-7(10-6)11(2,8)9/h4-5H,3H2,1-2H3. The van der Waals surface area contributed by atoms with Gasteiger partial charge in [0, 0.05) is 12.7 Å². The number of hydrogen-bond donors (Lipinski definition) is 0. The van der Waals surface area contributed by atoms with Crippen molar-refractivity contribution in [2.24, 2.45) is 0 Å². The van der Waals surface area contributed by atoms with E-state index in [-0.39, 0.29) is 5.09 Å². The number of aryl methyl sites for hydroxylation is 1. The molecule has 1 rings (SSSR count). The monoisotopic (exact) mass is 174 g/mol. The molecular weight excluding hydrogens is 164 g/mol. The first-order chi connectivity index (χ1) is 5.04. The number of rotatable bonds is 2. The third kappa shape index (κ3) is 1.83. The van der Waals surface area contributed by atoms with Crippen LogP contribution in [0.15, 0.2) is 21.6 Å². The molecule has 0 fully saturated rings. The van der Waals surface area contributed by atoms with Crippen LogP contribution in [-0.2, 0) is 16.3 Å². The van der Waals surface area contributed by atoms with Crippen LogP contribution in [0.4, 0.5) is 0 Å². The van der Waals surface area contributed by atoms with E-state index in [0.29, 0.717) is 5.76 Å². The van der Waals surface area contributed by atoms with Crippen molar-refractivity contribution in [3.8, 4) is 0 Å². The highest BCUT2D eigenvalue weighted by atomic mass is 32.2. The number of hydrogen-bond acceptors (Lipinski definition) is 3. The minimum atomic E-state index is -3.16. The second-order valence-electron chi connectivity index (χ2n) is 2.35. The van der Waals surface area contributed by atoms with Crippen molar-refractivity contribution >= 4 is 9.84 Å². The summed E-state index contributed by atoms with van der Waals surface area (Å²) in [5.41, 5.74) is 0. The van der Waals surface area contributed by atoms with Gasteiger partial charge in [0.25, 0.3) is 0 Å². The van der Waals surface area contributed by atoms with Gasteiger partial charge in [-0.2, -0.15) is 0 Å². The molecule has 0 aliphatic heterocycles. The van der Waals surface area contributed by atoms with E-state index in [4.69, 9.17) is 4.42 Å². The Morgan fingerprint density at radius 2 is 2.09 bits per heavy atom. The average Bonchev–Trinajstić information content (AvgIpc) is 2.32. The van der Waals surface area contributed by atoms with Crippen molar-refractivity contribution in [3.05, 3.63) is 17.9 Å². The summed E-state index contributed by atoms with van der Waals surface area (Å²) in [6.45, 7) is 1.91. The van der Waals surface area contributed by atoms with Crippen LogP contribution in [0.2, 0.25) is 0 Å². The summed E-state index contributed by atoms with van der Waals surface area (Å²) in [7, 11) is -3.16. The van der Waals surface area contributed by atoms with Gasteiger partial charge in [-0.3, -0.25) is 0 Å². The summed E-state index contributed by atoms with van der Waals surface area (Å²) in [6.07, 6.45) is 1.85. The lowest BCUT2D eigenvalue weighted by Crippen LogP contribution is -1.93. The molecule has 0 saturated carbocycles. The minimum Gasteiger partial charge on any atom is -0.450 e. The topological polar surface area (TPSA) is 47.3 Å². The molecule has 0 spiro atoms. The average molecular weight is 174 g/mol. The number of furan rings is 1. The zero-order valence-electron chi connectivity index (χ0n) is 6.49. The van der Waals surface area contributed by atoms with Gasteiger partial charge in [-0.05, 0) is 12.1 Å². The lowest BCUT2D eigenvalue weighted by atomic mass is 10.4. The van der Waals surface area contributed by atoms with Crippen LogP contribution >= 0.6 is 0 Å². The molecule has 0 unspecified atom stereocenters. The van der Waals surface area contributed by atoms with E-state index < -0.39 is 9.84 Å². The highest BCUT2D eigenvalue weighted by Crippen LogP contribution is 2.13. The summed E-state index contributed by atoms with van der Waals surface area (Å²) in [6, 6.07) is 3.16. The summed E-state index contributed by atoms with van der Waals surface area (Å²) in [4.78, 5) is 0. The molecule has 4 heteroatoms. The Kier molecular flexibility index (Phi) is 2.04. The van der Waals surface area contributed by atoms with Crippen LogP contribution in [0.5, 0.6) is 0 Å². The van der Waals surface area contributed by atoms with Gasteiger partial charge in [-0.15, -0.1) is 0 Å². The van der Waals surface area contributed by atoms with E-state index in [1.807, 2.05) is 6.92 Å². The molecule has 1 heterocycles. The number of sulfone groups is 1. The normalized spacial score (nSPS) is 11.8. The Hall–Kier alpha value is -0.770.